The van der Waals surface area contributed by atoms with Gasteiger partial charge in [0, 0.05) is 19.8 Å². The van der Waals surface area contributed by atoms with Crippen LogP contribution in [0.4, 0.5) is 11.6 Å². The van der Waals surface area contributed by atoms with Gasteiger partial charge in [0.25, 0.3) is 5.91 Å². The van der Waals surface area contributed by atoms with Crippen molar-refractivity contribution < 1.29 is 4.79 Å². The maximum Gasteiger partial charge on any atom is 0.260 e. The van der Waals surface area contributed by atoms with Crippen LogP contribution in [0.3, 0.4) is 0 Å². The van der Waals surface area contributed by atoms with Crippen molar-refractivity contribution in [3.8, 4) is 0 Å². The number of aryl methyl sites for hydroxylation is 1. The van der Waals surface area contributed by atoms with Crippen molar-refractivity contribution in [2.45, 2.75) is 0 Å². The summed E-state index contributed by atoms with van der Waals surface area (Å²) < 4.78 is 1.50. The number of aromatic nitrogens is 3. The number of hydrogen-bond acceptors (Lipinski definition) is 4. The Bertz CT molecular complexity index is 534. The summed E-state index contributed by atoms with van der Waals surface area (Å²) in [4.78, 5) is 15.9. The van der Waals surface area contributed by atoms with E-state index in [2.05, 4.69) is 20.7 Å². The summed E-state index contributed by atoms with van der Waals surface area (Å²) in [6.45, 7) is 0. The molecule has 1 aromatic heterocycles. The van der Waals surface area contributed by atoms with E-state index in [1.807, 2.05) is 18.2 Å². The van der Waals surface area contributed by atoms with Crippen LogP contribution in [-0.4, -0.2) is 27.7 Å². The van der Waals surface area contributed by atoms with Gasteiger partial charge in [-0.25, -0.2) is 4.68 Å². The van der Waals surface area contributed by atoms with Gasteiger partial charge in [-0.15, -0.1) is 0 Å². The molecule has 6 heteroatoms. The molecule has 2 aromatic rings. The molecule has 0 saturated carbocycles. The first kappa shape index (κ1) is 11.1. The normalized spacial score (nSPS) is 10.0. The van der Waals surface area contributed by atoms with Crippen molar-refractivity contribution in [3.05, 3.63) is 36.2 Å². The fourth-order valence-corrected chi connectivity index (χ4v) is 1.48. The molecule has 0 fully saturated rings. The molecular weight excluding hydrogens is 218 g/mol. The van der Waals surface area contributed by atoms with Gasteiger partial charge in [-0.05, 0) is 12.1 Å². The number of hydrogen-bond donors (Lipinski definition) is 2. The molecule has 2 rings (SSSR count). The van der Waals surface area contributed by atoms with Gasteiger partial charge in [-0.3, -0.25) is 10.1 Å². The second-order valence-electron chi connectivity index (χ2n) is 3.46. The summed E-state index contributed by atoms with van der Waals surface area (Å²) in [7, 11) is 3.49. The first-order chi connectivity index (χ1) is 8.22. The highest BCUT2D eigenvalue weighted by molar-refractivity contribution is 6.07. The van der Waals surface area contributed by atoms with E-state index in [-0.39, 0.29) is 5.91 Å². The van der Waals surface area contributed by atoms with Crippen molar-refractivity contribution in [2.75, 3.05) is 17.7 Å². The van der Waals surface area contributed by atoms with Crippen LogP contribution in [0, 0.1) is 0 Å². The van der Waals surface area contributed by atoms with Gasteiger partial charge in [0.2, 0.25) is 5.95 Å². The number of anilines is 2. The zero-order valence-electron chi connectivity index (χ0n) is 9.64. The Labute approximate surface area is 98.7 Å². The van der Waals surface area contributed by atoms with E-state index in [1.165, 1.54) is 11.0 Å². The van der Waals surface area contributed by atoms with Crippen molar-refractivity contribution in [3.63, 3.8) is 0 Å². The van der Waals surface area contributed by atoms with E-state index in [4.69, 9.17) is 0 Å². The first-order valence-electron chi connectivity index (χ1n) is 5.14. The number of nitrogens with one attached hydrogen (secondary N) is 2. The Hall–Kier alpha value is -2.37. The number of amides is 1. The Balaban J connectivity index is 2.23. The maximum absolute atomic E-state index is 12.0. The molecule has 0 aliphatic heterocycles. The average Bonchev–Trinajstić information content (AvgIpc) is 2.75. The molecule has 0 radical (unpaired) electrons. The number of para-hydroxylation sites is 1. The monoisotopic (exact) mass is 231 g/mol. The highest BCUT2D eigenvalue weighted by Gasteiger charge is 2.12. The number of benzene rings is 1. The Kier molecular flexibility index (Phi) is 3.04. The minimum absolute atomic E-state index is 0.217. The molecule has 2 N–H and O–H groups in total. The van der Waals surface area contributed by atoms with E-state index in [0.717, 1.165) is 5.69 Å². The molecule has 88 valence electrons. The largest absolute Gasteiger partial charge is 0.387 e. The van der Waals surface area contributed by atoms with E-state index < -0.39 is 0 Å². The summed E-state index contributed by atoms with van der Waals surface area (Å²) in [5.41, 5.74) is 1.34. The third kappa shape index (κ3) is 2.25. The van der Waals surface area contributed by atoms with E-state index in [1.54, 1.807) is 20.2 Å². The fourth-order valence-electron chi connectivity index (χ4n) is 1.48. The Morgan fingerprint density at radius 3 is 2.76 bits per heavy atom. The second-order valence-corrected chi connectivity index (χ2v) is 3.46. The van der Waals surface area contributed by atoms with Crippen molar-refractivity contribution >= 4 is 17.5 Å². The molecule has 17 heavy (non-hydrogen) atoms. The maximum atomic E-state index is 12.0. The summed E-state index contributed by atoms with van der Waals surface area (Å²) in [5.74, 6) is 0.201. The van der Waals surface area contributed by atoms with Crippen molar-refractivity contribution in [1.82, 2.24) is 14.8 Å². The molecule has 0 atom stereocenters. The predicted molar refractivity (Wildman–Crippen MR) is 64.9 cm³/mol. The lowest BCUT2D eigenvalue weighted by Gasteiger charge is -2.08. The van der Waals surface area contributed by atoms with Crippen molar-refractivity contribution in [1.29, 1.82) is 0 Å². The van der Waals surface area contributed by atoms with Gasteiger partial charge >= 0.3 is 0 Å². The SMILES string of the molecule is CNc1ccccc1C(=O)Nc1ncnn1C. The average molecular weight is 231 g/mol. The molecule has 0 spiro atoms. The van der Waals surface area contributed by atoms with Gasteiger partial charge in [0.1, 0.15) is 6.33 Å². The highest BCUT2D eigenvalue weighted by atomic mass is 16.1. The van der Waals surface area contributed by atoms with Gasteiger partial charge in [-0.1, -0.05) is 12.1 Å². The molecule has 1 heterocycles. The number of carbonyl (C=O) groups excluding carboxylic acids is 1. The fraction of sp³-hybridized carbons (Fsp3) is 0.182. The number of nitrogens with zero attached hydrogens (tertiary/aromatic N) is 3. The van der Waals surface area contributed by atoms with Crippen LogP contribution in [0.2, 0.25) is 0 Å². The standard InChI is InChI=1S/C11H13N5O/c1-12-9-6-4-3-5-8(9)10(17)15-11-13-7-14-16(11)2/h3-7,12H,1-2H3,(H,13,14,15,17). The van der Waals surface area contributed by atoms with E-state index >= 15 is 0 Å². The van der Waals surface area contributed by atoms with Crippen LogP contribution < -0.4 is 10.6 Å². The summed E-state index contributed by atoms with van der Waals surface area (Å²) in [5, 5.41) is 9.54. The summed E-state index contributed by atoms with van der Waals surface area (Å²) in [6, 6.07) is 7.26. The smallest absolute Gasteiger partial charge is 0.260 e. The second kappa shape index (κ2) is 4.65. The van der Waals surface area contributed by atoms with Crippen LogP contribution in [-0.2, 0) is 7.05 Å². The predicted octanol–water partition coefficient (Wildman–Crippen LogP) is 1.11. The van der Waals surface area contributed by atoms with Gasteiger partial charge in [0.05, 0.1) is 5.56 Å². The van der Waals surface area contributed by atoms with E-state index in [0.29, 0.717) is 11.5 Å². The lowest BCUT2D eigenvalue weighted by Crippen LogP contribution is -2.16. The molecule has 0 unspecified atom stereocenters. The molecule has 0 bridgehead atoms. The van der Waals surface area contributed by atoms with Gasteiger partial charge < -0.3 is 5.32 Å². The van der Waals surface area contributed by atoms with E-state index in [9.17, 15) is 4.79 Å². The van der Waals surface area contributed by atoms with Crippen LogP contribution in [0.1, 0.15) is 10.4 Å². The zero-order valence-corrected chi connectivity index (χ0v) is 9.64. The molecular formula is C11H13N5O. The zero-order chi connectivity index (χ0) is 12.3. The van der Waals surface area contributed by atoms with Gasteiger partial charge in [-0.2, -0.15) is 10.1 Å². The highest BCUT2D eigenvalue weighted by Crippen LogP contribution is 2.15. The number of rotatable bonds is 3. The minimum Gasteiger partial charge on any atom is -0.387 e. The Morgan fingerprint density at radius 2 is 2.12 bits per heavy atom. The topological polar surface area (TPSA) is 71.8 Å². The van der Waals surface area contributed by atoms with Crippen LogP contribution in [0.5, 0.6) is 0 Å². The first-order valence-corrected chi connectivity index (χ1v) is 5.14. The van der Waals surface area contributed by atoms with Crippen LogP contribution in [0.25, 0.3) is 0 Å². The van der Waals surface area contributed by atoms with Crippen LogP contribution >= 0.6 is 0 Å². The quantitative estimate of drug-likeness (QED) is 0.830. The van der Waals surface area contributed by atoms with Crippen LogP contribution in [0.15, 0.2) is 30.6 Å². The summed E-state index contributed by atoms with van der Waals surface area (Å²) >= 11 is 0. The molecule has 6 nitrogen and oxygen atoms in total. The molecule has 1 amide bonds. The van der Waals surface area contributed by atoms with Gasteiger partial charge in [0.15, 0.2) is 0 Å². The molecule has 0 saturated heterocycles. The number of carbonyl (C=O) groups is 1. The Morgan fingerprint density at radius 1 is 1.35 bits per heavy atom. The molecule has 0 aliphatic carbocycles. The third-order valence-electron chi connectivity index (χ3n) is 2.38. The molecule has 1 aromatic carbocycles. The third-order valence-corrected chi connectivity index (χ3v) is 2.38. The lowest BCUT2D eigenvalue weighted by atomic mass is 10.1. The van der Waals surface area contributed by atoms with Crippen molar-refractivity contribution in [2.24, 2.45) is 7.05 Å². The minimum atomic E-state index is -0.217. The summed E-state index contributed by atoms with van der Waals surface area (Å²) in [6.07, 6.45) is 1.39. The molecule has 0 aliphatic rings. The lowest BCUT2D eigenvalue weighted by molar-refractivity contribution is 0.102.